The molecule has 1 aliphatic rings. The third-order valence-electron chi connectivity index (χ3n) is 5.41. The van der Waals surface area contributed by atoms with Crippen LogP contribution < -0.4 is 16.2 Å². The molecule has 34 heavy (non-hydrogen) atoms. The Balaban J connectivity index is 1.79. The molecule has 0 radical (unpaired) electrons. The van der Waals surface area contributed by atoms with Gasteiger partial charge in [0.1, 0.15) is 23.5 Å². The molecule has 0 bridgehead atoms. The van der Waals surface area contributed by atoms with Gasteiger partial charge in [0, 0.05) is 25.6 Å². The van der Waals surface area contributed by atoms with Crippen LogP contribution in [0.3, 0.4) is 0 Å². The maximum atomic E-state index is 12.5. The molecule has 11 nitrogen and oxygen atoms in total. The molecule has 1 aliphatic heterocycles. The van der Waals surface area contributed by atoms with Crippen LogP contribution >= 0.6 is 0 Å². The van der Waals surface area contributed by atoms with E-state index in [2.05, 4.69) is 5.10 Å². The molecule has 186 valence electrons. The van der Waals surface area contributed by atoms with Crippen molar-refractivity contribution >= 4 is 12.1 Å². The number of likely N-dealkylation sites (tertiary alicyclic amines) is 1. The third kappa shape index (κ3) is 5.96. The standard InChI is InChI=1S/C23H33N5O6/c1-23(2,3)34-22(32)28-14-17(13-18(28)20(29)30)33-16-9-7-8-15(12-16)19-25-26(4)21(31)27(19)11-6-5-10-24/h7-9,12,17-18H,5-6,10-11,13-14,24H2,1-4H3,(H,29,30)/t17-,18-/m0/s1. The van der Waals surface area contributed by atoms with Gasteiger partial charge in [-0.1, -0.05) is 12.1 Å². The van der Waals surface area contributed by atoms with Crippen LogP contribution in [0.1, 0.15) is 40.0 Å². The molecule has 1 saturated heterocycles. The van der Waals surface area contributed by atoms with Crippen LogP contribution in [-0.2, 0) is 23.1 Å². The Bertz CT molecular complexity index is 1090. The molecule has 2 aromatic rings. The predicted octanol–water partition coefficient (Wildman–Crippen LogP) is 1.83. The number of nitrogens with zero attached hydrogens (tertiary/aromatic N) is 4. The van der Waals surface area contributed by atoms with Crippen molar-refractivity contribution in [2.24, 2.45) is 12.8 Å². The van der Waals surface area contributed by atoms with E-state index in [0.717, 1.165) is 12.8 Å². The van der Waals surface area contributed by atoms with E-state index in [-0.39, 0.29) is 18.7 Å². The highest BCUT2D eigenvalue weighted by Gasteiger charge is 2.42. The summed E-state index contributed by atoms with van der Waals surface area (Å²) in [5.74, 6) is -0.106. The largest absolute Gasteiger partial charge is 0.488 e. The van der Waals surface area contributed by atoms with Crippen LogP contribution in [0.5, 0.6) is 5.75 Å². The molecule has 1 amide bonds. The zero-order valence-corrected chi connectivity index (χ0v) is 20.1. The van der Waals surface area contributed by atoms with Gasteiger partial charge in [0.15, 0.2) is 5.82 Å². The summed E-state index contributed by atoms with van der Waals surface area (Å²) in [4.78, 5) is 38.0. The highest BCUT2D eigenvalue weighted by Crippen LogP contribution is 2.28. The lowest BCUT2D eigenvalue weighted by molar-refractivity contribution is -0.142. The van der Waals surface area contributed by atoms with Gasteiger partial charge in [0.05, 0.1) is 6.54 Å². The lowest BCUT2D eigenvalue weighted by Crippen LogP contribution is -2.43. The minimum atomic E-state index is -1.11. The fraction of sp³-hybridized carbons (Fsp3) is 0.565. The molecule has 0 aliphatic carbocycles. The summed E-state index contributed by atoms with van der Waals surface area (Å²) in [6.07, 6.45) is 0.468. The van der Waals surface area contributed by atoms with Gasteiger partial charge in [0.25, 0.3) is 0 Å². The maximum absolute atomic E-state index is 12.5. The smallest absolute Gasteiger partial charge is 0.411 e. The van der Waals surface area contributed by atoms with Crippen LogP contribution in [0, 0.1) is 0 Å². The molecule has 1 aromatic heterocycles. The second kappa shape index (κ2) is 10.3. The van der Waals surface area contributed by atoms with E-state index in [4.69, 9.17) is 15.2 Å². The van der Waals surface area contributed by atoms with E-state index < -0.39 is 29.8 Å². The summed E-state index contributed by atoms with van der Waals surface area (Å²) in [7, 11) is 1.60. The number of unbranched alkanes of at least 4 members (excludes halogenated alkanes) is 1. The number of rotatable bonds is 8. The Morgan fingerprint density at radius 1 is 1.26 bits per heavy atom. The maximum Gasteiger partial charge on any atom is 0.411 e. The van der Waals surface area contributed by atoms with Crippen LogP contribution in [-0.4, -0.2) is 67.3 Å². The quantitative estimate of drug-likeness (QED) is 0.551. The van der Waals surface area contributed by atoms with Crippen molar-refractivity contribution in [2.75, 3.05) is 13.1 Å². The molecule has 2 atom stereocenters. The molecule has 11 heteroatoms. The van der Waals surface area contributed by atoms with Crippen molar-refractivity contribution in [3.05, 3.63) is 34.7 Å². The minimum absolute atomic E-state index is 0.0868. The number of hydrogen-bond donors (Lipinski definition) is 2. The second-order valence-corrected chi connectivity index (χ2v) is 9.37. The lowest BCUT2D eigenvalue weighted by Gasteiger charge is -2.26. The van der Waals surface area contributed by atoms with Crippen LogP contribution in [0.15, 0.2) is 29.1 Å². The number of ether oxygens (including phenoxy) is 2. The summed E-state index contributed by atoms with van der Waals surface area (Å²) in [5.41, 5.74) is 5.31. The van der Waals surface area contributed by atoms with Gasteiger partial charge in [-0.05, 0) is 52.3 Å². The van der Waals surface area contributed by atoms with Gasteiger partial charge in [-0.25, -0.2) is 19.1 Å². The minimum Gasteiger partial charge on any atom is -0.488 e. The molecule has 2 heterocycles. The number of carbonyl (C=O) groups excluding carboxylic acids is 1. The predicted molar refractivity (Wildman–Crippen MR) is 125 cm³/mol. The molecular weight excluding hydrogens is 442 g/mol. The Kier molecular flexibility index (Phi) is 7.65. The summed E-state index contributed by atoms with van der Waals surface area (Å²) in [6.45, 7) is 6.31. The van der Waals surface area contributed by atoms with Crippen molar-refractivity contribution in [2.45, 2.75) is 64.3 Å². The number of aryl methyl sites for hydroxylation is 1. The van der Waals surface area contributed by atoms with Crippen LogP contribution in [0.2, 0.25) is 0 Å². The number of hydrogen-bond acceptors (Lipinski definition) is 7. The number of aromatic nitrogens is 3. The molecule has 1 fully saturated rings. The van der Waals surface area contributed by atoms with E-state index >= 15 is 0 Å². The zero-order chi connectivity index (χ0) is 25.0. The summed E-state index contributed by atoms with van der Waals surface area (Å²) >= 11 is 0. The molecule has 3 rings (SSSR count). The number of nitrogens with two attached hydrogens (primary N) is 1. The average molecular weight is 476 g/mol. The van der Waals surface area contributed by atoms with Crippen molar-refractivity contribution in [3.8, 4) is 17.1 Å². The van der Waals surface area contributed by atoms with E-state index in [1.807, 2.05) is 6.07 Å². The Morgan fingerprint density at radius 2 is 2.00 bits per heavy atom. The van der Waals surface area contributed by atoms with Crippen molar-refractivity contribution in [3.63, 3.8) is 0 Å². The SMILES string of the molecule is Cn1nc(-c2cccc(O[C@H]3C[C@@H](C(=O)O)N(C(=O)OC(C)(C)C)C3)c2)n(CCCCN)c1=O. The van der Waals surface area contributed by atoms with Gasteiger partial charge < -0.3 is 20.3 Å². The number of carbonyl (C=O) groups is 2. The molecule has 1 aromatic carbocycles. The first kappa shape index (κ1) is 25.3. The van der Waals surface area contributed by atoms with Gasteiger partial charge in [-0.3, -0.25) is 9.47 Å². The van der Waals surface area contributed by atoms with E-state index in [0.29, 0.717) is 30.2 Å². The zero-order valence-electron chi connectivity index (χ0n) is 20.1. The van der Waals surface area contributed by atoms with Gasteiger partial charge in [0.2, 0.25) is 0 Å². The fourth-order valence-electron chi connectivity index (χ4n) is 3.87. The van der Waals surface area contributed by atoms with Crippen LogP contribution in [0.25, 0.3) is 11.4 Å². The van der Waals surface area contributed by atoms with Gasteiger partial charge in [-0.2, -0.15) is 0 Å². The normalized spacial score (nSPS) is 18.2. The highest BCUT2D eigenvalue weighted by atomic mass is 16.6. The second-order valence-electron chi connectivity index (χ2n) is 9.37. The highest BCUT2D eigenvalue weighted by molar-refractivity contribution is 5.81. The van der Waals surface area contributed by atoms with Crippen molar-refractivity contribution < 1.29 is 24.2 Å². The molecule has 0 unspecified atom stereocenters. The van der Waals surface area contributed by atoms with Crippen molar-refractivity contribution in [1.82, 2.24) is 19.2 Å². The topological polar surface area (TPSA) is 142 Å². The van der Waals surface area contributed by atoms with Gasteiger partial charge >= 0.3 is 17.8 Å². The first-order chi connectivity index (χ1) is 16.0. The van der Waals surface area contributed by atoms with Crippen LogP contribution in [0.4, 0.5) is 4.79 Å². The average Bonchev–Trinajstić information content (AvgIpc) is 3.30. The number of benzene rings is 1. The number of carboxylic acid groups (broad SMARTS) is 1. The fourth-order valence-corrected chi connectivity index (χ4v) is 3.87. The Labute approximate surface area is 198 Å². The summed E-state index contributed by atoms with van der Waals surface area (Å²) < 4.78 is 14.3. The van der Waals surface area contributed by atoms with Crippen molar-refractivity contribution in [1.29, 1.82) is 0 Å². The van der Waals surface area contributed by atoms with Gasteiger partial charge in [-0.15, -0.1) is 5.10 Å². The third-order valence-corrected chi connectivity index (χ3v) is 5.41. The summed E-state index contributed by atoms with van der Waals surface area (Å²) in [5, 5.41) is 14.0. The molecule has 0 spiro atoms. The molecule has 0 saturated carbocycles. The molecular formula is C23H33N5O6. The monoisotopic (exact) mass is 475 g/mol. The number of carboxylic acids is 1. The van der Waals surface area contributed by atoms with E-state index in [9.17, 15) is 19.5 Å². The lowest BCUT2D eigenvalue weighted by atomic mass is 10.2. The Hall–Kier alpha value is -3.34. The first-order valence-electron chi connectivity index (χ1n) is 11.3. The Morgan fingerprint density at radius 3 is 2.65 bits per heavy atom. The van der Waals surface area contributed by atoms with E-state index in [1.54, 1.807) is 50.6 Å². The van der Waals surface area contributed by atoms with E-state index in [1.165, 1.54) is 9.58 Å². The number of amides is 1. The summed E-state index contributed by atoms with van der Waals surface area (Å²) in [6, 6.07) is 6.08. The molecule has 3 N–H and O–H groups in total. The number of aliphatic carboxylic acids is 1. The first-order valence-corrected chi connectivity index (χ1v) is 11.3.